The van der Waals surface area contributed by atoms with Gasteiger partial charge in [0, 0.05) is 61.8 Å². The van der Waals surface area contributed by atoms with Gasteiger partial charge < -0.3 is 25.2 Å². The summed E-state index contributed by atoms with van der Waals surface area (Å²) in [5.41, 5.74) is 13.8. The number of likely N-dealkylation sites (tertiary alicyclic amines) is 2. The van der Waals surface area contributed by atoms with Crippen molar-refractivity contribution in [3.8, 4) is 11.4 Å². The first-order valence-corrected chi connectivity index (χ1v) is 18.0. The predicted octanol–water partition coefficient (Wildman–Crippen LogP) is 5.49. The summed E-state index contributed by atoms with van der Waals surface area (Å²) in [5.74, 6) is 1.47. The molecule has 2 aliphatic carbocycles. The minimum atomic E-state index is -0.238. The second-order valence-corrected chi connectivity index (χ2v) is 14.8. The molecule has 248 valence electrons. The van der Waals surface area contributed by atoms with Crippen LogP contribution in [0.4, 0.5) is 0 Å². The largest absolute Gasteiger partial charge is 0.393 e. The van der Waals surface area contributed by atoms with E-state index >= 15 is 0 Å². The standard InChI is InChI=1S/C38H48N6O3/c1-24-33-14-11-29(38(47)42-17-3-5-30(39)23-42)22-44(33)40-35(24)34-20-28-4-2-6-32(36(28)43(34)21-25-7-8-25)26-15-18-41(19-16-26)37(46)27-9-12-31(45)13-10-27/h2,4,6,11,14,20,22,25-27,30-31,45H,3,5,7-10,12-13,15-19,21,23,39H2,1H3/t27-,30-,31-/m1/s1. The Kier molecular flexibility index (Phi) is 8.08. The number of benzene rings is 1. The fraction of sp³-hybridized carbons (Fsp3) is 0.553. The zero-order chi connectivity index (χ0) is 32.2. The Labute approximate surface area is 276 Å². The molecule has 1 aromatic carbocycles. The molecule has 8 rings (SSSR count). The predicted molar refractivity (Wildman–Crippen MR) is 183 cm³/mol. The maximum absolute atomic E-state index is 13.4. The van der Waals surface area contributed by atoms with Crippen molar-refractivity contribution in [1.82, 2.24) is 24.0 Å². The number of amides is 2. The Morgan fingerprint density at radius 2 is 1.72 bits per heavy atom. The van der Waals surface area contributed by atoms with Gasteiger partial charge in [0.1, 0.15) is 5.69 Å². The molecule has 2 aliphatic heterocycles. The van der Waals surface area contributed by atoms with Crippen molar-refractivity contribution in [2.24, 2.45) is 17.6 Å². The number of para-hydroxylation sites is 1. The number of aromatic nitrogens is 3. The van der Waals surface area contributed by atoms with Crippen molar-refractivity contribution >= 4 is 28.2 Å². The summed E-state index contributed by atoms with van der Waals surface area (Å²) in [6.07, 6.45) is 11.1. The third kappa shape index (κ3) is 5.86. The second kappa shape index (κ2) is 12.4. The molecule has 0 spiro atoms. The van der Waals surface area contributed by atoms with Crippen molar-refractivity contribution < 1.29 is 14.7 Å². The molecule has 3 N–H and O–H groups in total. The Hall–Kier alpha value is -3.69. The van der Waals surface area contributed by atoms with E-state index in [1.165, 1.54) is 29.3 Å². The quantitative estimate of drug-likeness (QED) is 0.291. The minimum absolute atomic E-state index is 0.0227. The minimum Gasteiger partial charge on any atom is -0.393 e. The summed E-state index contributed by atoms with van der Waals surface area (Å²) in [6.45, 7) is 6.06. The van der Waals surface area contributed by atoms with Gasteiger partial charge in [0.05, 0.1) is 28.4 Å². The third-order valence-electron chi connectivity index (χ3n) is 11.5. The number of aliphatic hydroxyl groups excluding tert-OH is 1. The van der Waals surface area contributed by atoms with Gasteiger partial charge in [0.25, 0.3) is 5.91 Å². The van der Waals surface area contributed by atoms with Crippen molar-refractivity contribution in [3.63, 3.8) is 0 Å². The maximum Gasteiger partial charge on any atom is 0.255 e. The fourth-order valence-electron chi connectivity index (χ4n) is 8.54. The number of piperidine rings is 2. The van der Waals surface area contributed by atoms with Crippen LogP contribution in [0.2, 0.25) is 0 Å². The highest BCUT2D eigenvalue weighted by molar-refractivity contribution is 5.95. The molecule has 0 unspecified atom stereocenters. The maximum atomic E-state index is 13.4. The van der Waals surface area contributed by atoms with E-state index in [1.807, 2.05) is 27.7 Å². The lowest BCUT2D eigenvalue weighted by Gasteiger charge is -2.36. The van der Waals surface area contributed by atoms with E-state index in [0.717, 1.165) is 100 Å². The van der Waals surface area contributed by atoms with Crippen LogP contribution in [-0.4, -0.2) is 79.2 Å². The number of pyridine rings is 1. The molecule has 4 fully saturated rings. The van der Waals surface area contributed by atoms with E-state index in [2.05, 4.69) is 40.7 Å². The molecular weight excluding hydrogens is 588 g/mol. The monoisotopic (exact) mass is 636 g/mol. The van der Waals surface area contributed by atoms with Crippen LogP contribution in [0.3, 0.4) is 0 Å². The zero-order valence-corrected chi connectivity index (χ0v) is 27.6. The first kappa shape index (κ1) is 30.6. The number of hydrogen-bond donors (Lipinski definition) is 2. The van der Waals surface area contributed by atoms with E-state index in [4.69, 9.17) is 10.8 Å². The normalized spacial score (nSPS) is 24.4. The molecule has 3 aromatic heterocycles. The fourth-order valence-corrected chi connectivity index (χ4v) is 8.54. The Bertz CT molecular complexity index is 1800. The molecule has 0 bridgehead atoms. The summed E-state index contributed by atoms with van der Waals surface area (Å²) < 4.78 is 4.42. The van der Waals surface area contributed by atoms with E-state index in [0.29, 0.717) is 29.9 Å². The van der Waals surface area contributed by atoms with E-state index in [1.54, 1.807) is 0 Å². The van der Waals surface area contributed by atoms with Crippen LogP contribution < -0.4 is 5.73 Å². The lowest BCUT2D eigenvalue weighted by molar-refractivity contribution is -0.138. The van der Waals surface area contributed by atoms with E-state index in [9.17, 15) is 14.7 Å². The Morgan fingerprint density at radius 3 is 2.47 bits per heavy atom. The lowest BCUT2D eigenvalue weighted by Crippen LogP contribution is -2.45. The summed E-state index contributed by atoms with van der Waals surface area (Å²) in [5, 5.41) is 16.3. The first-order chi connectivity index (χ1) is 22.8. The highest BCUT2D eigenvalue weighted by Crippen LogP contribution is 2.41. The molecular formula is C38H48N6O3. The lowest BCUT2D eigenvalue weighted by atomic mass is 9.84. The molecule has 47 heavy (non-hydrogen) atoms. The molecule has 2 saturated carbocycles. The Morgan fingerprint density at radius 1 is 0.936 bits per heavy atom. The van der Waals surface area contributed by atoms with Gasteiger partial charge in [-0.05, 0) is 107 Å². The number of aliphatic hydroxyl groups is 1. The van der Waals surface area contributed by atoms with Gasteiger partial charge in [0.2, 0.25) is 5.91 Å². The van der Waals surface area contributed by atoms with Crippen LogP contribution >= 0.6 is 0 Å². The Balaban J connectivity index is 1.09. The molecule has 2 amide bonds. The van der Waals surface area contributed by atoms with Crippen LogP contribution in [0.15, 0.2) is 42.6 Å². The summed E-state index contributed by atoms with van der Waals surface area (Å²) in [6, 6.07) is 13.0. The summed E-state index contributed by atoms with van der Waals surface area (Å²) in [7, 11) is 0. The van der Waals surface area contributed by atoms with E-state index < -0.39 is 0 Å². The number of nitrogens with two attached hydrogens (primary N) is 1. The average Bonchev–Trinajstić information content (AvgIpc) is 3.76. The molecule has 4 aromatic rings. The number of nitrogens with zero attached hydrogens (tertiary/aromatic N) is 5. The van der Waals surface area contributed by atoms with Crippen LogP contribution in [-0.2, 0) is 11.3 Å². The summed E-state index contributed by atoms with van der Waals surface area (Å²) in [4.78, 5) is 30.7. The molecule has 0 radical (unpaired) electrons. The number of rotatable bonds is 6. The number of aryl methyl sites for hydroxylation is 1. The highest BCUT2D eigenvalue weighted by Gasteiger charge is 2.33. The zero-order valence-electron chi connectivity index (χ0n) is 27.6. The molecule has 9 nitrogen and oxygen atoms in total. The van der Waals surface area contributed by atoms with E-state index in [-0.39, 0.29) is 24.0 Å². The summed E-state index contributed by atoms with van der Waals surface area (Å²) >= 11 is 0. The van der Waals surface area contributed by atoms with Crippen molar-refractivity contribution in [2.45, 2.75) is 95.7 Å². The van der Waals surface area contributed by atoms with Gasteiger partial charge in [-0.1, -0.05) is 18.2 Å². The number of hydrogen-bond acceptors (Lipinski definition) is 5. The SMILES string of the molecule is Cc1c(-c2cc3cccc(C4CCN(C(=O)[C@H]5CC[C@H](O)CC5)CC4)c3n2CC2CC2)nn2cc(C(=O)N3CCC[C@@H](N)C3)ccc12. The molecule has 9 heteroatoms. The first-order valence-electron chi connectivity index (χ1n) is 18.0. The van der Waals surface area contributed by atoms with Crippen LogP contribution in [0, 0.1) is 18.8 Å². The third-order valence-corrected chi connectivity index (χ3v) is 11.5. The highest BCUT2D eigenvalue weighted by atomic mass is 16.3. The van der Waals surface area contributed by atoms with Crippen LogP contribution in [0.5, 0.6) is 0 Å². The molecule has 2 saturated heterocycles. The van der Waals surface area contributed by atoms with Crippen LogP contribution in [0.25, 0.3) is 27.8 Å². The van der Waals surface area contributed by atoms with Crippen LogP contribution in [0.1, 0.15) is 91.6 Å². The van der Waals surface area contributed by atoms with Crippen molar-refractivity contribution in [2.75, 3.05) is 26.2 Å². The smallest absolute Gasteiger partial charge is 0.255 e. The van der Waals surface area contributed by atoms with Gasteiger partial charge in [0.15, 0.2) is 0 Å². The van der Waals surface area contributed by atoms with Gasteiger partial charge in [-0.15, -0.1) is 0 Å². The number of carbonyl (C=O) groups excluding carboxylic acids is 2. The van der Waals surface area contributed by atoms with Gasteiger partial charge in [-0.2, -0.15) is 5.10 Å². The van der Waals surface area contributed by atoms with Crippen molar-refractivity contribution in [3.05, 3.63) is 59.3 Å². The number of carbonyl (C=O) groups is 2. The van der Waals surface area contributed by atoms with Gasteiger partial charge >= 0.3 is 0 Å². The van der Waals surface area contributed by atoms with Crippen molar-refractivity contribution in [1.29, 1.82) is 0 Å². The van der Waals surface area contributed by atoms with Gasteiger partial charge in [-0.3, -0.25) is 9.59 Å². The average molecular weight is 637 g/mol. The molecule has 1 atom stereocenters. The topological polar surface area (TPSA) is 109 Å². The molecule has 5 heterocycles. The number of fused-ring (bicyclic) bond motifs is 2. The molecule has 4 aliphatic rings. The van der Waals surface area contributed by atoms with Gasteiger partial charge in [-0.25, -0.2) is 4.52 Å². The second-order valence-electron chi connectivity index (χ2n) is 14.8.